The predicted molar refractivity (Wildman–Crippen MR) is 55.7 cm³/mol. The maximum atomic E-state index is 11.4. The zero-order chi connectivity index (χ0) is 11.3. The SMILES string of the molecule is CCOC(=O)c1nc(CNC=O)sc1C. The molecule has 0 saturated carbocycles. The summed E-state index contributed by atoms with van der Waals surface area (Å²) < 4.78 is 4.84. The molecule has 0 aliphatic heterocycles. The van der Waals surface area contributed by atoms with E-state index in [2.05, 4.69) is 10.3 Å². The van der Waals surface area contributed by atoms with Crippen LogP contribution in [-0.4, -0.2) is 24.0 Å². The van der Waals surface area contributed by atoms with Crippen molar-refractivity contribution in [3.05, 3.63) is 15.6 Å². The van der Waals surface area contributed by atoms with Crippen molar-refractivity contribution in [1.29, 1.82) is 0 Å². The van der Waals surface area contributed by atoms with Gasteiger partial charge in [0.15, 0.2) is 5.69 Å². The lowest BCUT2D eigenvalue weighted by Gasteiger charge is -1.97. The number of nitrogens with zero attached hydrogens (tertiary/aromatic N) is 1. The van der Waals surface area contributed by atoms with Gasteiger partial charge in [0, 0.05) is 4.88 Å². The van der Waals surface area contributed by atoms with Crippen LogP contribution in [0.4, 0.5) is 0 Å². The first-order chi connectivity index (χ1) is 7.19. The second-order valence-corrected chi connectivity index (χ2v) is 4.02. The second-order valence-electron chi connectivity index (χ2n) is 2.73. The zero-order valence-electron chi connectivity index (χ0n) is 8.57. The van der Waals surface area contributed by atoms with E-state index in [1.54, 1.807) is 13.8 Å². The Labute approximate surface area is 91.5 Å². The van der Waals surface area contributed by atoms with Crippen LogP contribution >= 0.6 is 11.3 Å². The smallest absolute Gasteiger partial charge is 0.358 e. The van der Waals surface area contributed by atoms with Crippen LogP contribution in [0.15, 0.2) is 0 Å². The fourth-order valence-electron chi connectivity index (χ4n) is 1.04. The largest absolute Gasteiger partial charge is 0.461 e. The summed E-state index contributed by atoms with van der Waals surface area (Å²) in [6, 6.07) is 0. The number of rotatable bonds is 5. The van der Waals surface area contributed by atoms with E-state index in [-0.39, 0.29) is 0 Å². The van der Waals surface area contributed by atoms with Gasteiger partial charge < -0.3 is 10.1 Å². The van der Waals surface area contributed by atoms with Crippen molar-refractivity contribution in [3.63, 3.8) is 0 Å². The average Bonchev–Trinajstić information content (AvgIpc) is 2.57. The number of ether oxygens (including phenoxy) is 1. The molecule has 82 valence electrons. The molecule has 1 amide bonds. The summed E-state index contributed by atoms with van der Waals surface area (Å²) in [4.78, 5) is 26.4. The highest BCUT2D eigenvalue weighted by atomic mass is 32.1. The Kier molecular flexibility index (Phi) is 4.23. The molecule has 1 rings (SSSR count). The number of carbonyl (C=O) groups excluding carboxylic acids is 2. The van der Waals surface area contributed by atoms with E-state index in [4.69, 9.17) is 4.74 Å². The zero-order valence-corrected chi connectivity index (χ0v) is 9.39. The number of aromatic nitrogens is 1. The van der Waals surface area contributed by atoms with Crippen LogP contribution in [0.25, 0.3) is 0 Å². The molecule has 5 nitrogen and oxygen atoms in total. The molecule has 1 aromatic rings. The molecule has 0 atom stereocenters. The molecule has 0 unspecified atom stereocenters. The van der Waals surface area contributed by atoms with Crippen molar-refractivity contribution < 1.29 is 14.3 Å². The van der Waals surface area contributed by atoms with E-state index in [9.17, 15) is 9.59 Å². The van der Waals surface area contributed by atoms with Gasteiger partial charge >= 0.3 is 5.97 Å². The van der Waals surface area contributed by atoms with Crippen LogP contribution in [-0.2, 0) is 16.1 Å². The van der Waals surface area contributed by atoms with E-state index in [0.717, 1.165) is 4.88 Å². The van der Waals surface area contributed by atoms with Crippen LogP contribution in [0.2, 0.25) is 0 Å². The molecule has 6 heteroatoms. The van der Waals surface area contributed by atoms with Gasteiger partial charge in [0.1, 0.15) is 5.01 Å². The summed E-state index contributed by atoms with van der Waals surface area (Å²) in [5.41, 5.74) is 0.338. The van der Waals surface area contributed by atoms with Gasteiger partial charge in [-0.05, 0) is 13.8 Å². The average molecular weight is 228 g/mol. The van der Waals surface area contributed by atoms with Crippen LogP contribution in [0.1, 0.15) is 27.3 Å². The lowest BCUT2D eigenvalue weighted by molar-refractivity contribution is -0.109. The second kappa shape index (κ2) is 5.45. The fourth-order valence-corrected chi connectivity index (χ4v) is 1.92. The summed E-state index contributed by atoms with van der Waals surface area (Å²) in [6.45, 7) is 4.22. The van der Waals surface area contributed by atoms with Crippen molar-refractivity contribution in [2.45, 2.75) is 20.4 Å². The molecule has 0 aliphatic carbocycles. The first-order valence-electron chi connectivity index (χ1n) is 4.49. The Bertz CT molecular complexity index is 362. The number of amides is 1. The van der Waals surface area contributed by atoms with Gasteiger partial charge in [-0.3, -0.25) is 4.79 Å². The molecular weight excluding hydrogens is 216 g/mol. The van der Waals surface area contributed by atoms with Crippen molar-refractivity contribution in [2.24, 2.45) is 0 Å². The molecule has 1 N–H and O–H groups in total. The molecule has 0 radical (unpaired) electrons. The molecule has 0 fully saturated rings. The third-order valence-corrected chi connectivity index (χ3v) is 2.62. The van der Waals surface area contributed by atoms with E-state index in [0.29, 0.717) is 30.3 Å². The number of esters is 1. The van der Waals surface area contributed by atoms with Crippen LogP contribution in [0.3, 0.4) is 0 Å². The van der Waals surface area contributed by atoms with Gasteiger partial charge in [-0.2, -0.15) is 0 Å². The maximum absolute atomic E-state index is 11.4. The number of carbonyl (C=O) groups is 2. The third kappa shape index (κ3) is 3.02. The standard InChI is InChI=1S/C9H12N2O3S/c1-3-14-9(13)8-6(2)15-7(11-8)4-10-5-12/h5H,3-4H2,1-2H3,(H,10,12). The minimum absolute atomic E-state index is 0.331. The topological polar surface area (TPSA) is 68.3 Å². The van der Waals surface area contributed by atoms with Crippen LogP contribution < -0.4 is 5.32 Å². The molecule has 1 aromatic heterocycles. The van der Waals surface area contributed by atoms with Gasteiger partial charge in [0.05, 0.1) is 13.2 Å². The number of aryl methyl sites for hydroxylation is 1. The van der Waals surface area contributed by atoms with Crippen molar-refractivity contribution >= 4 is 23.7 Å². The minimum atomic E-state index is -0.413. The number of hydrogen-bond acceptors (Lipinski definition) is 5. The van der Waals surface area contributed by atoms with Crippen molar-refractivity contribution in [2.75, 3.05) is 6.61 Å². The van der Waals surface area contributed by atoms with Crippen molar-refractivity contribution in [3.8, 4) is 0 Å². The van der Waals surface area contributed by atoms with Gasteiger partial charge in [-0.15, -0.1) is 11.3 Å². The Morgan fingerprint density at radius 2 is 2.40 bits per heavy atom. The third-order valence-electron chi connectivity index (χ3n) is 1.65. The molecule has 1 heterocycles. The quantitative estimate of drug-likeness (QED) is 0.600. The van der Waals surface area contributed by atoms with Gasteiger partial charge in [-0.1, -0.05) is 0 Å². The van der Waals surface area contributed by atoms with Crippen LogP contribution in [0.5, 0.6) is 0 Å². The highest BCUT2D eigenvalue weighted by molar-refractivity contribution is 7.11. The highest BCUT2D eigenvalue weighted by Crippen LogP contribution is 2.17. The van der Waals surface area contributed by atoms with E-state index in [1.165, 1.54) is 11.3 Å². The molecular formula is C9H12N2O3S. The van der Waals surface area contributed by atoms with E-state index < -0.39 is 5.97 Å². The lowest BCUT2D eigenvalue weighted by Crippen LogP contribution is -2.10. The van der Waals surface area contributed by atoms with E-state index >= 15 is 0 Å². The van der Waals surface area contributed by atoms with Gasteiger partial charge in [0.2, 0.25) is 6.41 Å². The molecule has 0 bridgehead atoms. The summed E-state index contributed by atoms with van der Waals surface area (Å²) in [5, 5.41) is 3.19. The maximum Gasteiger partial charge on any atom is 0.358 e. The van der Waals surface area contributed by atoms with Crippen molar-refractivity contribution in [1.82, 2.24) is 10.3 Å². The fraction of sp³-hybridized carbons (Fsp3) is 0.444. The van der Waals surface area contributed by atoms with Gasteiger partial charge in [-0.25, -0.2) is 9.78 Å². The first kappa shape index (κ1) is 11.6. The Hall–Kier alpha value is -1.43. The van der Waals surface area contributed by atoms with Gasteiger partial charge in [0.25, 0.3) is 0 Å². The summed E-state index contributed by atoms with van der Waals surface area (Å²) in [5.74, 6) is -0.413. The summed E-state index contributed by atoms with van der Waals surface area (Å²) in [6.07, 6.45) is 0.598. The summed E-state index contributed by atoms with van der Waals surface area (Å²) in [7, 11) is 0. The number of hydrogen-bond donors (Lipinski definition) is 1. The Morgan fingerprint density at radius 1 is 1.67 bits per heavy atom. The predicted octanol–water partition coefficient (Wildman–Crippen LogP) is 0.874. The van der Waals surface area contributed by atoms with E-state index in [1.807, 2.05) is 0 Å². The Balaban J connectivity index is 2.76. The lowest BCUT2D eigenvalue weighted by atomic mass is 10.4. The molecule has 0 spiro atoms. The number of thiazole rings is 1. The monoisotopic (exact) mass is 228 g/mol. The molecule has 0 aromatic carbocycles. The highest BCUT2D eigenvalue weighted by Gasteiger charge is 2.15. The van der Waals surface area contributed by atoms with Crippen LogP contribution in [0, 0.1) is 6.92 Å². The molecule has 0 saturated heterocycles. The summed E-state index contributed by atoms with van der Waals surface area (Å²) >= 11 is 1.38. The first-order valence-corrected chi connectivity index (χ1v) is 5.31. The number of nitrogens with one attached hydrogen (secondary N) is 1. The Morgan fingerprint density at radius 3 is 3.00 bits per heavy atom. The normalized spacial score (nSPS) is 9.73. The minimum Gasteiger partial charge on any atom is -0.461 e. The molecule has 0 aliphatic rings. The molecule has 15 heavy (non-hydrogen) atoms.